The zero-order valence-corrected chi connectivity index (χ0v) is 12.7. The van der Waals surface area contributed by atoms with Gasteiger partial charge in [-0.2, -0.15) is 0 Å². The van der Waals surface area contributed by atoms with E-state index in [-0.39, 0.29) is 11.4 Å². The van der Waals surface area contributed by atoms with Gasteiger partial charge in [0.1, 0.15) is 0 Å². The third kappa shape index (κ3) is 2.97. The molecule has 3 nitrogen and oxygen atoms in total. The van der Waals surface area contributed by atoms with Gasteiger partial charge in [0.2, 0.25) is 0 Å². The molecule has 1 aliphatic carbocycles. The van der Waals surface area contributed by atoms with Crippen LogP contribution in [0, 0.1) is 11.3 Å². The van der Waals surface area contributed by atoms with Gasteiger partial charge in [-0.3, -0.25) is 4.79 Å². The van der Waals surface area contributed by atoms with Gasteiger partial charge in [-0.05, 0) is 69.1 Å². The maximum absolute atomic E-state index is 11.9. The van der Waals surface area contributed by atoms with Gasteiger partial charge < -0.3 is 10.5 Å². The molecule has 1 aliphatic rings. The predicted molar refractivity (Wildman–Crippen MR) is 81.4 cm³/mol. The van der Waals surface area contributed by atoms with Gasteiger partial charge in [0.15, 0.2) is 0 Å². The van der Waals surface area contributed by atoms with E-state index < -0.39 is 0 Å². The summed E-state index contributed by atoms with van der Waals surface area (Å²) in [5, 5.41) is 0. The van der Waals surface area contributed by atoms with E-state index in [9.17, 15) is 4.79 Å². The smallest absolute Gasteiger partial charge is 0.311 e. The molecule has 0 spiro atoms. The maximum Gasteiger partial charge on any atom is 0.311 e. The van der Waals surface area contributed by atoms with Crippen molar-refractivity contribution in [2.45, 2.75) is 45.4 Å². The van der Waals surface area contributed by atoms with E-state index in [1.807, 2.05) is 26.0 Å². The van der Waals surface area contributed by atoms with E-state index in [0.717, 1.165) is 31.4 Å². The lowest BCUT2D eigenvalue weighted by molar-refractivity contribution is -0.154. The number of esters is 1. The number of carbonyl (C=O) groups is 1. The number of nitrogens with two attached hydrogens (primary N) is 1. The fourth-order valence-corrected chi connectivity index (χ4v) is 3.35. The quantitative estimate of drug-likeness (QED) is 0.675. The van der Waals surface area contributed by atoms with Crippen molar-refractivity contribution in [1.82, 2.24) is 0 Å². The molecular formula is C17H25NO2. The van der Waals surface area contributed by atoms with Crippen LogP contribution in [0.4, 0.5) is 5.69 Å². The van der Waals surface area contributed by atoms with E-state index in [4.69, 9.17) is 10.5 Å². The van der Waals surface area contributed by atoms with Gasteiger partial charge in [-0.1, -0.05) is 12.1 Å². The zero-order valence-electron chi connectivity index (χ0n) is 12.7. The van der Waals surface area contributed by atoms with Crippen LogP contribution in [-0.4, -0.2) is 13.1 Å². The molecule has 0 aliphatic heterocycles. The molecule has 1 saturated carbocycles. The van der Waals surface area contributed by atoms with Gasteiger partial charge in [-0.25, -0.2) is 0 Å². The highest BCUT2D eigenvalue weighted by molar-refractivity contribution is 5.76. The Kier molecular flexibility index (Phi) is 4.36. The second-order valence-electron chi connectivity index (χ2n) is 6.43. The maximum atomic E-state index is 11.9. The summed E-state index contributed by atoms with van der Waals surface area (Å²) in [5.74, 6) is 0.925. The molecule has 0 aromatic heterocycles. The van der Waals surface area contributed by atoms with Crippen LogP contribution >= 0.6 is 0 Å². The summed E-state index contributed by atoms with van der Waals surface area (Å²) in [5.41, 5.74) is 7.54. The molecule has 110 valence electrons. The first kappa shape index (κ1) is 14.9. The fourth-order valence-electron chi connectivity index (χ4n) is 3.35. The lowest BCUT2D eigenvalue weighted by atomic mass is 9.67. The predicted octanol–water partition coefficient (Wildman–Crippen LogP) is 3.74. The standard InChI is InChI=1S/C17H25NO2/c1-17(2,16(19)20-3)14-8-4-12(5-9-14)13-6-10-15(18)11-7-13/h6-7,10-12,14H,4-5,8-9,18H2,1-3H3. The normalized spacial score (nSPS) is 23.4. The molecule has 20 heavy (non-hydrogen) atoms. The average molecular weight is 275 g/mol. The highest BCUT2D eigenvalue weighted by atomic mass is 16.5. The molecule has 0 heterocycles. The van der Waals surface area contributed by atoms with Crippen molar-refractivity contribution in [3.8, 4) is 0 Å². The largest absolute Gasteiger partial charge is 0.469 e. The summed E-state index contributed by atoms with van der Waals surface area (Å²) < 4.78 is 4.94. The van der Waals surface area contributed by atoms with E-state index in [2.05, 4.69) is 12.1 Å². The summed E-state index contributed by atoms with van der Waals surface area (Å²) >= 11 is 0. The number of methoxy groups -OCH3 is 1. The molecule has 0 atom stereocenters. The second kappa shape index (κ2) is 5.86. The molecule has 2 N–H and O–H groups in total. The second-order valence-corrected chi connectivity index (χ2v) is 6.43. The lowest BCUT2D eigenvalue weighted by Crippen LogP contribution is -2.36. The van der Waals surface area contributed by atoms with Crippen molar-refractivity contribution in [2.24, 2.45) is 11.3 Å². The first-order valence-electron chi connectivity index (χ1n) is 7.39. The number of ether oxygens (including phenoxy) is 1. The van der Waals surface area contributed by atoms with E-state index in [1.54, 1.807) is 0 Å². The fraction of sp³-hybridized carbons (Fsp3) is 0.588. The molecule has 0 saturated heterocycles. The van der Waals surface area contributed by atoms with Gasteiger partial charge in [-0.15, -0.1) is 0 Å². The molecule has 0 radical (unpaired) electrons. The van der Waals surface area contributed by atoms with Crippen LogP contribution in [-0.2, 0) is 9.53 Å². The van der Waals surface area contributed by atoms with Crippen LogP contribution in [0.3, 0.4) is 0 Å². The Balaban J connectivity index is 1.99. The minimum absolute atomic E-state index is 0.0894. The summed E-state index contributed by atoms with van der Waals surface area (Å²) in [6.45, 7) is 4.01. The Morgan fingerprint density at radius 2 is 1.70 bits per heavy atom. The van der Waals surface area contributed by atoms with Crippen molar-refractivity contribution < 1.29 is 9.53 Å². The molecule has 0 unspecified atom stereocenters. The Hall–Kier alpha value is -1.51. The third-order valence-electron chi connectivity index (χ3n) is 4.87. The molecular weight excluding hydrogens is 250 g/mol. The Bertz CT molecular complexity index is 456. The Labute approximate surface area is 121 Å². The highest BCUT2D eigenvalue weighted by Gasteiger charge is 2.39. The summed E-state index contributed by atoms with van der Waals surface area (Å²) in [6, 6.07) is 8.21. The number of nitrogen functional groups attached to an aromatic ring is 1. The molecule has 0 bridgehead atoms. The first-order chi connectivity index (χ1) is 9.45. The van der Waals surface area contributed by atoms with Gasteiger partial charge in [0.25, 0.3) is 0 Å². The minimum Gasteiger partial charge on any atom is -0.469 e. The van der Waals surface area contributed by atoms with Gasteiger partial charge in [0, 0.05) is 5.69 Å². The van der Waals surface area contributed by atoms with Crippen molar-refractivity contribution in [1.29, 1.82) is 0 Å². The molecule has 1 aromatic rings. The number of benzene rings is 1. The van der Waals surface area contributed by atoms with Crippen LogP contribution in [0.25, 0.3) is 0 Å². The van der Waals surface area contributed by atoms with Gasteiger partial charge >= 0.3 is 5.97 Å². The van der Waals surface area contributed by atoms with E-state index in [0.29, 0.717) is 11.8 Å². The lowest BCUT2D eigenvalue weighted by Gasteiger charge is -2.37. The van der Waals surface area contributed by atoms with E-state index >= 15 is 0 Å². The minimum atomic E-state index is -0.374. The SMILES string of the molecule is COC(=O)C(C)(C)C1CCC(c2ccc(N)cc2)CC1. The van der Waals surface area contributed by atoms with Crippen LogP contribution < -0.4 is 5.73 Å². The monoisotopic (exact) mass is 275 g/mol. The topological polar surface area (TPSA) is 52.3 Å². The number of hydrogen-bond donors (Lipinski definition) is 1. The van der Waals surface area contributed by atoms with Crippen molar-refractivity contribution in [2.75, 3.05) is 12.8 Å². The third-order valence-corrected chi connectivity index (χ3v) is 4.87. The highest BCUT2D eigenvalue weighted by Crippen LogP contribution is 2.44. The van der Waals surface area contributed by atoms with Crippen molar-refractivity contribution >= 4 is 11.7 Å². The summed E-state index contributed by atoms with van der Waals surface area (Å²) in [7, 11) is 1.48. The van der Waals surface area contributed by atoms with Crippen LogP contribution in [0.15, 0.2) is 24.3 Å². The first-order valence-corrected chi connectivity index (χ1v) is 7.39. The molecule has 1 fully saturated rings. The molecule has 1 aromatic carbocycles. The molecule has 0 amide bonds. The van der Waals surface area contributed by atoms with Crippen LogP contribution in [0.1, 0.15) is 51.0 Å². The van der Waals surface area contributed by atoms with Gasteiger partial charge in [0.05, 0.1) is 12.5 Å². The average Bonchev–Trinajstić information content (AvgIpc) is 2.47. The Morgan fingerprint density at radius 1 is 1.15 bits per heavy atom. The molecule has 3 heteroatoms. The number of hydrogen-bond acceptors (Lipinski definition) is 3. The summed E-state index contributed by atoms with van der Waals surface area (Å²) in [6.07, 6.45) is 4.43. The van der Waals surface area contributed by atoms with Crippen LogP contribution in [0.2, 0.25) is 0 Å². The number of anilines is 1. The summed E-state index contributed by atoms with van der Waals surface area (Å²) in [4.78, 5) is 11.9. The number of rotatable bonds is 3. The zero-order chi connectivity index (χ0) is 14.8. The number of carbonyl (C=O) groups excluding carboxylic acids is 1. The van der Waals surface area contributed by atoms with Crippen molar-refractivity contribution in [3.63, 3.8) is 0 Å². The van der Waals surface area contributed by atoms with Crippen molar-refractivity contribution in [3.05, 3.63) is 29.8 Å². The van der Waals surface area contributed by atoms with E-state index in [1.165, 1.54) is 12.7 Å². The Morgan fingerprint density at radius 3 is 2.20 bits per heavy atom. The molecule has 2 rings (SSSR count). The van der Waals surface area contributed by atoms with Crippen LogP contribution in [0.5, 0.6) is 0 Å².